The maximum Gasteiger partial charge on any atom is 0.251 e. The van der Waals surface area contributed by atoms with Crippen molar-refractivity contribution in [3.8, 4) is 0 Å². The second kappa shape index (κ2) is 12.6. The lowest BCUT2D eigenvalue weighted by Crippen LogP contribution is -2.36. The molecule has 0 aliphatic heterocycles. The van der Waals surface area contributed by atoms with Crippen molar-refractivity contribution in [2.45, 2.75) is 16.9 Å². The molecule has 200 valence electrons. The van der Waals surface area contributed by atoms with Crippen molar-refractivity contribution in [2.24, 2.45) is 0 Å². The van der Waals surface area contributed by atoms with Gasteiger partial charge in [0.1, 0.15) is 0 Å². The van der Waals surface area contributed by atoms with Gasteiger partial charge in [0.05, 0.1) is 22.0 Å². The Morgan fingerprint density at radius 2 is 1.45 bits per heavy atom. The highest BCUT2D eigenvalue weighted by Gasteiger charge is 2.34. The first-order valence-corrected chi connectivity index (χ1v) is 15.3. The van der Waals surface area contributed by atoms with Crippen LogP contribution in [0.4, 0.5) is 0 Å². The average molecular weight is 649 g/mol. The van der Waals surface area contributed by atoms with Crippen molar-refractivity contribution in [2.75, 3.05) is 6.26 Å². The highest BCUT2D eigenvalue weighted by atomic mass is 79.9. The molecule has 5 aromatic rings. The van der Waals surface area contributed by atoms with Gasteiger partial charge in [0.15, 0.2) is 5.78 Å². The van der Waals surface area contributed by atoms with E-state index >= 15 is 0 Å². The number of amides is 1. The molecule has 5 aromatic carbocycles. The Balaban J connectivity index is 1.71. The third-order valence-corrected chi connectivity index (χ3v) is 8.86. The van der Waals surface area contributed by atoms with Crippen LogP contribution < -0.4 is 5.32 Å². The van der Waals surface area contributed by atoms with Crippen molar-refractivity contribution in [3.63, 3.8) is 0 Å². The van der Waals surface area contributed by atoms with Crippen LogP contribution in [0.3, 0.4) is 0 Å². The number of Topliss-reactive ketones (excluding diaryl/α,β-unsaturated/α-hetero) is 1. The van der Waals surface area contributed by atoms with Gasteiger partial charge in [-0.15, -0.1) is 11.8 Å². The van der Waals surface area contributed by atoms with E-state index in [0.29, 0.717) is 26.7 Å². The number of benzene rings is 5. The van der Waals surface area contributed by atoms with Crippen LogP contribution in [0, 0.1) is 0 Å². The molecular formula is C33H24BrCl2NO2S. The van der Waals surface area contributed by atoms with Crippen LogP contribution in [0.15, 0.2) is 119 Å². The van der Waals surface area contributed by atoms with Crippen LogP contribution in [0.5, 0.6) is 0 Å². The van der Waals surface area contributed by atoms with E-state index in [1.54, 1.807) is 42.1 Å². The minimum Gasteiger partial charge on any atom is -0.344 e. The van der Waals surface area contributed by atoms with Crippen molar-refractivity contribution in [1.29, 1.82) is 0 Å². The summed E-state index contributed by atoms with van der Waals surface area (Å²) in [5.74, 6) is -1.22. The molecule has 0 aromatic heterocycles. The monoisotopic (exact) mass is 647 g/mol. The quantitative estimate of drug-likeness (QED) is 0.135. The predicted octanol–water partition coefficient (Wildman–Crippen LogP) is 9.77. The van der Waals surface area contributed by atoms with Gasteiger partial charge in [0, 0.05) is 20.5 Å². The first-order valence-electron chi connectivity index (χ1n) is 12.5. The SMILES string of the molecule is CSc1ccc(C(=O)C(c2ccc(Cl)c(Cl)c2)C(NC(=O)c2ccc(Br)cc2)c2cccc3ccccc23)cc1. The van der Waals surface area contributed by atoms with Crippen LogP contribution in [0.25, 0.3) is 10.8 Å². The number of rotatable bonds is 8. The summed E-state index contributed by atoms with van der Waals surface area (Å²) in [5.41, 5.74) is 2.51. The van der Waals surface area contributed by atoms with E-state index in [1.807, 2.05) is 85.1 Å². The Hall–Kier alpha value is -3.09. The average Bonchev–Trinajstić information content (AvgIpc) is 2.98. The van der Waals surface area contributed by atoms with Gasteiger partial charge in [-0.05, 0) is 76.7 Å². The number of carbonyl (C=O) groups excluding carboxylic acids is 2. The van der Waals surface area contributed by atoms with E-state index in [2.05, 4.69) is 21.2 Å². The first-order chi connectivity index (χ1) is 19.4. The van der Waals surface area contributed by atoms with E-state index in [4.69, 9.17) is 23.2 Å². The Bertz CT molecular complexity index is 1680. The molecule has 2 unspecified atom stereocenters. The molecule has 0 aliphatic rings. The summed E-state index contributed by atoms with van der Waals surface area (Å²) < 4.78 is 0.868. The van der Waals surface area contributed by atoms with Crippen molar-refractivity contribution < 1.29 is 9.59 Å². The van der Waals surface area contributed by atoms with E-state index in [1.165, 1.54) is 0 Å². The third kappa shape index (κ3) is 6.13. The summed E-state index contributed by atoms with van der Waals surface area (Å²) in [4.78, 5) is 29.2. The highest BCUT2D eigenvalue weighted by molar-refractivity contribution is 9.10. The molecule has 3 nitrogen and oxygen atoms in total. The largest absolute Gasteiger partial charge is 0.344 e. The summed E-state index contributed by atoms with van der Waals surface area (Å²) in [6.07, 6.45) is 1.99. The zero-order valence-corrected chi connectivity index (χ0v) is 25.3. The molecule has 1 amide bonds. The van der Waals surface area contributed by atoms with Crippen LogP contribution in [0.2, 0.25) is 10.0 Å². The minimum atomic E-state index is -0.792. The molecule has 0 aliphatic carbocycles. The number of nitrogens with one attached hydrogen (secondary N) is 1. The number of ketones is 1. The summed E-state index contributed by atoms with van der Waals surface area (Å²) in [5, 5.41) is 5.89. The third-order valence-electron chi connectivity index (χ3n) is 6.84. The molecule has 0 radical (unpaired) electrons. The van der Waals surface area contributed by atoms with Gasteiger partial charge in [-0.1, -0.05) is 99.8 Å². The van der Waals surface area contributed by atoms with Crippen molar-refractivity contribution >= 4 is 73.4 Å². The normalized spacial score (nSPS) is 12.6. The van der Waals surface area contributed by atoms with Gasteiger partial charge < -0.3 is 5.32 Å². The second-order valence-electron chi connectivity index (χ2n) is 9.27. The Kier molecular flexibility index (Phi) is 8.97. The number of carbonyl (C=O) groups is 2. The van der Waals surface area contributed by atoms with Gasteiger partial charge in [0.25, 0.3) is 5.91 Å². The zero-order chi connectivity index (χ0) is 28.2. The van der Waals surface area contributed by atoms with Crippen LogP contribution in [-0.4, -0.2) is 17.9 Å². The summed E-state index contributed by atoms with van der Waals surface area (Å²) >= 11 is 17.8. The lowest BCUT2D eigenvalue weighted by molar-refractivity contribution is 0.0892. The number of fused-ring (bicyclic) bond motifs is 1. The summed E-state index contributed by atoms with van der Waals surface area (Å²) in [6.45, 7) is 0. The molecule has 40 heavy (non-hydrogen) atoms. The smallest absolute Gasteiger partial charge is 0.251 e. The highest BCUT2D eigenvalue weighted by Crippen LogP contribution is 2.39. The molecule has 0 fully saturated rings. The minimum absolute atomic E-state index is 0.139. The number of hydrogen-bond donors (Lipinski definition) is 1. The van der Waals surface area contributed by atoms with Gasteiger partial charge in [-0.25, -0.2) is 0 Å². The predicted molar refractivity (Wildman–Crippen MR) is 170 cm³/mol. The Morgan fingerprint density at radius 3 is 2.15 bits per heavy atom. The van der Waals surface area contributed by atoms with Crippen LogP contribution >= 0.6 is 50.9 Å². The number of thioether (sulfide) groups is 1. The maximum absolute atomic E-state index is 14.4. The molecule has 0 bridgehead atoms. The lowest BCUT2D eigenvalue weighted by atomic mass is 9.80. The van der Waals surface area contributed by atoms with E-state index in [9.17, 15) is 9.59 Å². The standard InChI is InChI=1S/C33H24BrCl2NO2S/c1-40-25-16-11-21(12-17-25)32(38)30(23-13-18-28(35)29(36)19-23)31(37-33(39)22-9-14-24(34)15-10-22)27-8-4-6-20-5-2-3-7-26(20)27/h2-19,30-31H,1H3,(H,37,39). The fourth-order valence-electron chi connectivity index (χ4n) is 4.82. The molecule has 0 saturated carbocycles. The number of halogens is 3. The summed E-state index contributed by atoms with van der Waals surface area (Å²) in [6, 6.07) is 33.0. The lowest BCUT2D eigenvalue weighted by Gasteiger charge is -2.29. The van der Waals surface area contributed by atoms with Gasteiger partial charge >= 0.3 is 0 Å². The summed E-state index contributed by atoms with van der Waals surface area (Å²) in [7, 11) is 0. The molecule has 0 saturated heterocycles. The molecule has 0 heterocycles. The van der Waals surface area contributed by atoms with Crippen molar-refractivity contribution in [1.82, 2.24) is 5.32 Å². The first kappa shape index (κ1) is 28.4. The molecule has 5 rings (SSSR count). The van der Waals surface area contributed by atoms with Crippen LogP contribution in [-0.2, 0) is 0 Å². The van der Waals surface area contributed by atoms with Gasteiger partial charge in [-0.3, -0.25) is 9.59 Å². The van der Waals surface area contributed by atoms with E-state index in [0.717, 1.165) is 25.7 Å². The van der Waals surface area contributed by atoms with E-state index < -0.39 is 12.0 Å². The molecular weight excluding hydrogens is 625 g/mol. The Morgan fingerprint density at radius 1 is 0.775 bits per heavy atom. The van der Waals surface area contributed by atoms with E-state index in [-0.39, 0.29) is 11.7 Å². The molecule has 0 spiro atoms. The molecule has 2 atom stereocenters. The zero-order valence-electron chi connectivity index (χ0n) is 21.4. The number of hydrogen-bond acceptors (Lipinski definition) is 3. The van der Waals surface area contributed by atoms with Gasteiger partial charge in [-0.2, -0.15) is 0 Å². The maximum atomic E-state index is 14.4. The van der Waals surface area contributed by atoms with Gasteiger partial charge in [0.2, 0.25) is 0 Å². The topological polar surface area (TPSA) is 46.2 Å². The van der Waals surface area contributed by atoms with Crippen LogP contribution in [0.1, 0.15) is 43.8 Å². The Labute approximate surface area is 256 Å². The van der Waals surface area contributed by atoms with Crippen molar-refractivity contribution in [3.05, 3.63) is 146 Å². The second-order valence-corrected chi connectivity index (χ2v) is 11.9. The fourth-order valence-corrected chi connectivity index (χ4v) is 5.80. The fraction of sp³-hybridized carbons (Fsp3) is 0.0909. The molecule has 1 N–H and O–H groups in total. The molecule has 7 heteroatoms.